The van der Waals surface area contributed by atoms with E-state index >= 15 is 0 Å². The van der Waals surface area contributed by atoms with Crippen molar-refractivity contribution in [2.75, 3.05) is 13.1 Å². The zero-order valence-electron chi connectivity index (χ0n) is 18.5. The van der Waals surface area contributed by atoms with Gasteiger partial charge in [-0.2, -0.15) is 9.57 Å². The van der Waals surface area contributed by atoms with Crippen LogP contribution in [-0.2, 0) is 10.0 Å². The monoisotopic (exact) mass is 491 g/mol. The molecule has 0 radical (unpaired) electrons. The molecule has 4 aromatic rings. The summed E-state index contributed by atoms with van der Waals surface area (Å²) < 4.78 is 30.1. The van der Waals surface area contributed by atoms with E-state index in [-0.39, 0.29) is 10.9 Å². The van der Waals surface area contributed by atoms with Crippen molar-refractivity contribution >= 4 is 32.8 Å². The maximum Gasteiger partial charge on any atom is 0.243 e. The highest BCUT2D eigenvalue weighted by Crippen LogP contribution is 2.36. The number of aryl methyl sites for hydroxylation is 1. The minimum atomic E-state index is -3.69. The number of halogens is 1. The first-order valence-electron chi connectivity index (χ1n) is 11.0. The van der Waals surface area contributed by atoms with Crippen LogP contribution in [0.3, 0.4) is 0 Å². The van der Waals surface area contributed by atoms with Crippen LogP contribution < -0.4 is 0 Å². The van der Waals surface area contributed by atoms with Gasteiger partial charge in [-0.3, -0.25) is 0 Å². The summed E-state index contributed by atoms with van der Waals surface area (Å²) in [5.74, 6) is 0.734. The van der Waals surface area contributed by atoms with Crippen LogP contribution in [0.1, 0.15) is 30.0 Å². The smallest absolute Gasteiger partial charge is 0.243 e. The number of imidazole rings is 1. The summed E-state index contributed by atoms with van der Waals surface area (Å²) in [7, 11) is -3.69. The van der Waals surface area contributed by atoms with Crippen LogP contribution in [0.5, 0.6) is 0 Å². The first-order valence-corrected chi connectivity index (χ1v) is 12.8. The summed E-state index contributed by atoms with van der Waals surface area (Å²) >= 11 is 6.50. The third-order valence-electron chi connectivity index (χ3n) is 6.32. The number of nitriles is 1. The number of hydrogen-bond donors (Lipinski definition) is 0. The van der Waals surface area contributed by atoms with Crippen LogP contribution in [0.25, 0.3) is 22.6 Å². The molecule has 0 bridgehead atoms. The molecule has 3 heterocycles. The zero-order chi connectivity index (χ0) is 23.9. The van der Waals surface area contributed by atoms with E-state index in [2.05, 4.69) is 15.6 Å². The molecule has 0 saturated carbocycles. The summed E-state index contributed by atoms with van der Waals surface area (Å²) in [6, 6.07) is 18.1. The van der Waals surface area contributed by atoms with Crippen LogP contribution in [0.15, 0.2) is 65.7 Å². The molecule has 2 aromatic heterocycles. The molecule has 0 unspecified atom stereocenters. The number of nitrogens with zero attached hydrogens (tertiary/aromatic N) is 5. The van der Waals surface area contributed by atoms with E-state index in [1.807, 2.05) is 36.4 Å². The number of aromatic nitrogens is 3. The van der Waals surface area contributed by atoms with Gasteiger partial charge in [0, 0.05) is 30.9 Å². The second-order valence-corrected chi connectivity index (χ2v) is 10.7. The molecule has 1 fully saturated rings. The summed E-state index contributed by atoms with van der Waals surface area (Å²) in [5, 5.41) is 9.91. The Morgan fingerprint density at radius 1 is 1.09 bits per heavy atom. The lowest BCUT2D eigenvalue weighted by Gasteiger charge is -2.32. The molecule has 9 heteroatoms. The average Bonchev–Trinajstić information content (AvgIpc) is 3.24. The summed E-state index contributed by atoms with van der Waals surface area (Å²) in [6.45, 7) is 2.51. The van der Waals surface area contributed by atoms with E-state index in [9.17, 15) is 13.7 Å². The number of hydrogen-bond acceptors (Lipinski definition) is 5. The predicted octanol–water partition coefficient (Wildman–Crippen LogP) is 4.96. The summed E-state index contributed by atoms with van der Waals surface area (Å²) in [6.07, 6.45) is 2.95. The first kappa shape index (κ1) is 22.5. The fourth-order valence-electron chi connectivity index (χ4n) is 4.48. The Morgan fingerprint density at radius 2 is 1.85 bits per heavy atom. The fourth-order valence-corrected chi connectivity index (χ4v) is 6.20. The van der Waals surface area contributed by atoms with Crippen LogP contribution in [0.2, 0.25) is 5.02 Å². The van der Waals surface area contributed by atoms with Crippen LogP contribution in [-0.4, -0.2) is 40.3 Å². The molecule has 0 aliphatic carbocycles. The van der Waals surface area contributed by atoms with Crippen molar-refractivity contribution in [1.29, 1.82) is 5.26 Å². The van der Waals surface area contributed by atoms with Crippen LogP contribution in [0.4, 0.5) is 0 Å². The number of rotatable bonds is 4. The van der Waals surface area contributed by atoms with E-state index in [4.69, 9.17) is 16.6 Å². The normalized spacial score (nSPS) is 15.4. The molecule has 172 valence electrons. The molecule has 0 atom stereocenters. The number of fused-ring (bicyclic) bond motifs is 1. The van der Waals surface area contributed by atoms with Gasteiger partial charge < -0.3 is 4.57 Å². The molecular weight excluding hydrogens is 470 g/mol. The molecular formula is C25H22ClN5O2S. The van der Waals surface area contributed by atoms with Crippen molar-refractivity contribution in [3.8, 4) is 17.5 Å². The van der Waals surface area contributed by atoms with Gasteiger partial charge in [-0.05, 0) is 61.7 Å². The Kier molecular flexibility index (Phi) is 5.86. The second-order valence-electron chi connectivity index (χ2n) is 8.36. The summed E-state index contributed by atoms with van der Waals surface area (Å²) in [4.78, 5) is 9.54. The maximum absolute atomic E-state index is 13.3. The Morgan fingerprint density at radius 3 is 2.59 bits per heavy atom. The van der Waals surface area contributed by atoms with Crippen molar-refractivity contribution < 1.29 is 8.42 Å². The molecule has 2 aromatic carbocycles. The van der Waals surface area contributed by atoms with Gasteiger partial charge in [0.15, 0.2) is 5.65 Å². The SMILES string of the molecule is Cc1ccc(S(=O)(=O)N2CCC(n3c(-c4ccccc4Cl)nc4cccnc43)CC2)cc1C#N. The van der Waals surface area contributed by atoms with Crippen LogP contribution >= 0.6 is 11.6 Å². The van der Waals surface area contributed by atoms with E-state index in [0.717, 1.165) is 28.1 Å². The second kappa shape index (κ2) is 8.84. The Balaban J connectivity index is 1.47. The molecule has 1 aliphatic heterocycles. The van der Waals surface area contributed by atoms with Crippen LogP contribution in [0, 0.1) is 18.3 Å². The van der Waals surface area contributed by atoms with Gasteiger partial charge in [0.25, 0.3) is 0 Å². The molecule has 1 aliphatic rings. The van der Waals surface area contributed by atoms with Gasteiger partial charge in [-0.1, -0.05) is 29.8 Å². The molecule has 1 saturated heterocycles. The molecule has 0 N–H and O–H groups in total. The highest BCUT2D eigenvalue weighted by atomic mass is 35.5. The van der Waals surface area contributed by atoms with E-state index in [1.54, 1.807) is 25.3 Å². The van der Waals surface area contributed by atoms with Crippen molar-refractivity contribution in [3.05, 3.63) is 76.9 Å². The van der Waals surface area contributed by atoms with Crippen molar-refractivity contribution in [2.45, 2.75) is 30.7 Å². The standard InChI is InChI=1S/C25H22ClN5O2S/c1-17-8-9-20(15-18(17)16-27)34(32,33)30-13-10-19(11-14-30)31-24(21-5-2-3-6-22(21)26)29-23-7-4-12-28-25(23)31/h2-9,12,15,19H,10-11,13-14H2,1H3. The molecule has 0 spiro atoms. The molecule has 7 nitrogen and oxygen atoms in total. The van der Waals surface area contributed by atoms with E-state index in [1.165, 1.54) is 10.4 Å². The van der Waals surface area contributed by atoms with Gasteiger partial charge in [0.1, 0.15) is 11.3 Å². The topological polar surface area (TPSA) is 91.9 Å². The largest absolute Gasteiger partial charge is 0.305 e. The Hall–Kier alpha value is -3.25. The van der Waals surface area contributed by atoms with Crippen molar-refractivity contribution in [1.82, 2.24) is 18.8 Å². The van der Waals surface area contributed by atoms with Gasteiger partial charge in [-0.15, -0.1) is 0 Å². The van der Waals surface area contributed by atoms with E-state index in [0.29, 0.717) is 36.5 Å². The first-order chi connectivity index (χ1) is 16.4. The third kappa shape index (κ3) is 3.86. The Labute approximate surface area is 203 Å². The minimum absolute atomic E-state index is 0.0188. The quantitative estimate of drug-likeness (QED) is 0.402. The molecule has 0 amide bonds. The van der Waals surface area contributed by atoms with Gasteiger partial charge in [0.05, 0.1) is 21.6 Å². The average molecular weight is 492 g/mol. The predicted molar refractivity (Wildman–Crippen MR) is 131 cm³/mol. The lowest BCUT2D eigenvalue weighted by Crippen LogP contribution is -2.39. The minimum Gasteiger partial charge on any atom is -0.305 e. The fraction of sp³-hybridized carbons (Fsp3) is 0.240. The van der Waals surface area contributed by atoms with Gasteiger partial charge in [-0.25, -0.2) is 18.4 Å². The lowest BCUT2D eigenvalue weighted by molar-refractivity contribution is 0.278. The van der Waals surface area contributed by atoms with Gasteiger partial charge in [0.2, 0.25) is 10.0 Å². The zero-order valence-corrected chi connectivity index (χ0v) is 20.1. The van der Waals surface area contributed by atoms with Crippen molar-refractivity contribution in [3.63, 3.8) is 0 Å². The lowest BCUT2D eigenvalue weighted by atomic mass is 10.1. The number of pyridine rings is 1. The highest BCUT2D eigenvalue weighted by molar-refractivity contribution is 7.89. The third-order valence-corrected chi connectivity index (χ3v) is 8.54. The summed E-state index contributed by atoms with van der Waals surface area (Å²) in [5.41, 5.74) is 3.48. The number of benzene rings is 2. The number of sulfonamides is 1. The van der Waals surface area contributed by atoms with E-state index < -0.39 is 10.0 Å². The highest BCUT2D eigenvalue weighted by Gasteiger charge is 2.32. The van der Waals surface area contributed by atoms with Gasteiger partial charge >= 0.3 is 0 Å². The number of piperidine rings is 1. The molecule has 34 heavy (non-hydrogen) atoms. The molecule has 5 rings (SSSR count). The Bertz CT molecular complexity index is 1530. The van der Waals surface area contributed by atoms with Crippen molar-refractivity contribution in [2.24, 2.45) is 0 Å². The maximum atomic E-state index is 13.3.